The molecule has 0 aliphatic heterocycles. The fourth-order valence-electron chi connectivity index (χ4n) is 4.00. The van der Waals surface area contributed by atoms with Crippen molar-refractivity contribution < 1.29 is 27.6 Å². The molecule has 3 rings (SSSR count). The SMILES string of the molecule is Cc1cc(NC(=O)c2c(C)c(C(=O)C(=O)NC3CCC(F)(F)CC3)n(C)c2C)cnc1F. The van der Waals surface area contributed by atoms with Crippen molar-refractivity contribution in [2.24, 2.45) is 7.05 Å². The van der Waals surface area contributed by atoms with Gasteiger partial charge in [0.2, 0.25) is 11.9 Å². The molecular formula is C22H25F3N4O3. The zero-order chi connectivity index (χ0) is 23.8. The van der Waals surface area contributed by atoms with Crippen LogP contribution in [0.15, 0.2) is 12.3 Å². The molecule has 1 aliphatic rings. The molecule has 7 nitrogen and oxygen atoms in total. The second-order valence-corrected chi connectivity index (χ2v) is 8.21. The lowest BCUT2D eigenvalue weighted by Crippen LogP contribution is -2.43. The summed E-state index contributed by atoms with van der Waals surface area (Å²) in [6.45, 7) is 4.70. The first-order valence-electron chi connectivity index (χ1n) is 10.2. The standard InChI is InChI=1S/C22H25F3N4O3/c1-11-9-15(10-26-19(11)23)28-20(31)16-12(2)17(29(4)13(16)3)18(30)21(32)27-14-5-7-22(24,25)8-6-14/h9-10,14H,5-8H2,1-4H3,(H,27,32)(H,28,31). The Bertz CT molecular complexity index is 1080. The van der Waals surface area contributed by atoms with Crippen LogP contribution in [-0.4, -0.2) is 39.1 Å². The van der Waals surface area contributed by atoms with Gasteiger partial charge in [-0.3, -0.25) is 14.4 Å². The molecule has 2 N–H and O–H groups in total. The largest absolute Gasteiger partial charge is 0.346 e. The lowest BCUT2D eigenvalue weighted by Gasteiger charge is -2.28. The van der Waals surface area contributed by atoms with Crippen molar-refractivity contribution in [2.75, 3.05) is 5.32 Å². The summed E-state index contributed by atoms with van der Waals surface area (Å²) in [7, 11) is 1.56. The van der Waals surface area contributed by atoms with E-state index in [1.54, 1.807) is 20.9 Å². The average Bonchev–Trinajstić information content (AvgIpc) is 2.94. The van der Waals surface area contributed by atoms with Crippen LogP contribution >= 0.6 is 0 Å². The van der Waals surface area contributed by atoms with Gasteiger partial charge in [-0.15, -0.1) is 0 Å². The number of Topliss-reactive ketones (excluding diaryl/α,β-unsaturated/α-hetero) is 1. The van der Waals surface area contributed by atoms with E-state index in [9.17, 15) is 27.6 Å². The molecule has 2 heterocycles. The third kappa shape index (κ3) is 4.68. The van der Waals surface area contributed by atoms with Gasteiger partial charge in [0.05, 0.1) is 23.1 Å². The highest BCUT2D eigenvalue weighted by atomic mass is 19.3. The van der Waals surface area contributed by atoms with E-state index in [1.807, 2.05) is 0 Å². The van der Waals surface area contributed by atoms with Gasteiger partial charge in [0.15, 0.2) is 0 Å². The van der Waals surface area contributed by atoms with Crippen molar-refractivity contribution in [3.63, 3.8) is 0 Å². The van der Waals surface area contributed by atoms with Crippen LogP contribution in [-0.2, 0) is 11.8 Å². The number of amides is 2. The number of nitrogens with one attached hydrogen (secondary N) is 2. The summed E-state index contributed by atoms with van der Waals surface area (Å²) in [5, 5.41) is 5.16. The summed E-state index contributed by atoms with van der Waals surface area (Å²) in [5.41, 5.74) is 1.57. The maximum atomic E-state index is 13.4. The highest BCUT2D eigenvalue weighted by molar-refractivity contribution is 6.43. The fraction of sp³-hybridized carbons (Fsp3) is 0.455. The van der Waals surface area contributed by atoms with Gasteiger partial charge in [-0.1, -0.05) is 0 Å². The summed E-state index contributed by atoms with van der Waals surface area (Å²) in [4.78, 5) is 41.8. The van der Waals surface area contributed by atoms with Gasteiger partial charge in [-0.25, -0.2) is 13.8 Å². The topological polar surface area (TPSA) is 93.1 Å². The maximum absolute atomic E-state index is 13.4. The van der Waals surface area contributed by atoms with Gasteiger partial charge in [0.1, 0.15) is 0 Å². The van der Waals surface area contributed by atoms with E-state index in [4.69, 9.17) is 0 Å². The number of carbonyl (C=O) groups excluding carboxylic acids is 3. The number of hydrogen-bond acceptors (Lipinski definition) is 4. The Morgan fingerprint density at radius 3 is 2.38 bits per heavy atom. The summed E-state index contributed by atoms with van der Waals surface area (Å²) in [5.74, 6) is -5.65. The molecule has 172 valence electrons. The molecule has 0 bridgehead atoms. The van der Waals surface area contributed by atoms with Crippen LogP contribution in [0.5, 0.6) is 0 Å². The van der Waals surface area contributed by atoms with Gasteiger partial charge < -0.3 is 15.2 Å². The van der Waals surface area contributed by atoms with Crippen LogP contribution in [0, 0.1) is 26.7 Å². The van der Waals surface area contributed by atoms with Crippen LogP contribution in [0.4, 0.5) is 18.9 Å². The molecule has 0 radical (unpaired) electrons. The average molecular weight is 450 g/mol. The van der Waals surface area contributed by atoms with E-state index in [0.29, 0.717) is 11.3 Å². The normalized spacial score (nSPS) is 16.0. The van der Waals surface area contributed by atoms with Crippen LogP contribution in [0.25, 0.3) is 0 Å². The molecular weight excluding hydrogens is 425 g/mol. The van der Waals surface area contributed by atoms with Crippen molar-refractivity contribution in [3.8, 4) is 0 Å². The number of aryl methyl sites for hydroxylation is 1. The maximum Gasteiger partial charge on any atom is 0.294 e. The molecule has 0 saturated heterocycles. The summed E-state index contributed by atoms with van der Waals surface area (Å²) < 4.78 is 41.5. The Kier molecular flexibility index (Phi) is 6.43. The van der Waals surface area contributed by atoms with Gasteiger partial charge in [-0.2, -0.15) is 4.39 Å². The highest BCUT2D eigenvalue weighted by Gasteiger charge is 2.36. The van der Waals surface area contributed by atoms with Crippen LogP contribution in [0.1, 0.15) is 63.4 Å². The lowest BCUT2D eigenvalue weighted by atomic mass is 9.92. The predicted octanol–water partition coefficient (Wildman–Crippen LogP) is 3.61. The molecule has 0 unspecified atom stereocenters. The Hall–Kier alpha value is -3.17. The molecule has 10 heteroatoms. The van der Waals surface area contributed by atoms with Gasteiger partial charge in [-0.05, 0) is 45.2 Å². The number of alkyl halides is 2. The smallest absolute Gasteiger partial charge is 0.294 e. The molecule has 0 aromatic carbocycles. The molecule has 1 fully saturated rings. The summed E-state index contributed by atoms with van der Waals surface area (Å²) in [6.07, 6.45) is 0.694. The molecule has 0 atom stereocenters. The first-order valence-corrected chi connectivity index (χ1v) is 10.2. The van der Waals surface area contributed by atoms with Crippen molar-refractivity contribution in [2.45, 2.75) is 58.4 Å². The van der Waals surface area contributed by atoms with Crippen LogP contribution < -0.4 is 10.6 Å². The number of rotatable bonds is 5. The number of aromatic nitrogens is 2. The number of ketones is 1. The number of nitrogens with zero attached hydrogens (tertiary/aromatic N) is 2. The third-order valence-corrected chi connectivity index (χ3v) is 5.90. The van der Waals surface area contributed by atoms with Gasteiger partial charge >= 0.3 is 0 Å². The minimum Gasteiger partial charge on any atom is -0.346 e. The minimum absolute atomic E-state index is 0.0414. The molecule has 2 amide bonds. The molecule has 2 aromatic rings. The fourth-order valence-corrected chi connectivity index (χ4v) is 4.00. The zero-order valence-corrected chi connectivity index (χ0v) is 18.3. The lowest BCUT2D eigenvalue weighted by molar-refractivity contribution is -0.118. The molecule has 2 aromatic heterocycles. The van der Waals surface area contributed by atoms with Crippen molar-refractivity contribution in [3.05, 3.63) is 46.3 Å². The first-order chi connectivity index (χ1) is 14.9. The van der Waals surface area contributed by atoms with Gasteiger partial charge in [0, 0.05) is 37.2 Å². The Balaban J connectivity index is 1.78. The van der Waals surface area contributed by atoms with E-state index in [-0.39, 0.29) is 48.2 Å². The quantitative estimate of drug-likeness (QED) is 0.414. The van der Waals surface area contributed by atoms with Crippen LogP contribution in [0.2, 0.25) is 0 Å². The number of hydrogen-bond donors (Lipinski definition) is 2. The second-order valence-electron chi connectivity index (χ2n) is 8.21. The van der Waals surface area contributed by atoms with Crippen LogP contribution in [0.3, 0.4) is 0 Å². The number of carbonyl (C=O) groups is 3. The Morgan fingerprint density at radius 2 is 1.78 bits per heavy atom. The van der Waals surface area contributed by atoms with Crippen molar-refractivity contribution in [1.82, 2.24) is 14.9 Å². The number of halogens is 3. The van der Waals surface area contributed by atoms with E-state index >= 15 is 0 Å². The monoisotopic (exact) mass is 450 g/mol. The molecule has 0 spiro atoms. The second kappa shape index (κ2) is 8.76. The summed E-state index contributed by atoms with van der Waals surface area (Å²) in [6, 6.07) is 0.936. The number of pyridine rings is 1. The molecule has 1 aliphatic carbocycles. The van der Waals surface area contributed by atoms with E-state index in [1.165, 1.54) is 23.8 Å². The number of anilines is 1. The third-order valence-electron chi connectivity index (χ3n) is 5.90. The van der Waals surface area contributed by atoms with Crippen molar-refractivity contribution >= 4 is 23.3 Å². The van der Waals surface area contributed by atoms with Crippen molar-refractivity contribution in [1.29, 1.82) is 0 Å². The minimum atomic E-state index is -2.74. The Morgan fingerprint density at radius 1 is 1.16 bits per heavy atom. The van der Waals surface area contributed by atoms with E-state index in [2.05, 4.69) is 15.6 Å². The molecule has 32 heavy (non-hydrogen) atoms. The predicted molar refractivity (Wildman–Crippen MR) is 111 cm³/mol. The first kappa shape index (κ1) is 23.5. The Labute approximate surface area is 183 Å². The zero-order valence-electron chi connectivity index (χ0n) is 18.3. The molecule has 1 saturated carbocycles. The van der Waals surface area contributed by atoms with E-state index < -0.39 is 35.5 Å². The highest BCUT2D eigenvalue weighted by Crippen LogP contribution is 2.33. The van der Waals surface area contributed by atoms with Gasteiger partial charge in [0.25, 0.3) is 17.6 Å². The van der Waals surface area contributed by atoms with E-state index in [0.717, 1.165) is 0 Å². The summed E-state index contributed by atoms with van der Waals surface area (Å²) >= 11 is 0.